The molecular weight excluding hydrogens is 387 g/mol. The summed E-state index contributed by atoms with van der Waals surface area (Å²) in [6.45, 7) is 1.82. The average Bonchev–Trinajstić information content (AvgIpc) is 3.41. The summed E-state index contributed by atoms with van der Waals surface area (Å²) in [4.78, 5) is 9.47. The quantitative estimate of drug-likeness (QED) is 0.669. The van der Waals surface area contributed by atoms with Crippen LogP contribution in [-0.2, 0) is 6.18 Å². The molecule has 1 saturated carbocycles. The molecule has 12 heteroatoms. The van der Waals surface area contributed by atoms with Crippen molar-refractivity contribution in [3.8, 4) is 0 Å². The number of hydrogen-bond acceptors (Lipinski definition) is 7. The maximum atomic E-state index is 13.0. The standard InChI is InChI=1S/C17H20F3N9/c1-10-14(25-16-22-8-13(17(18,19)20)15(21-2)26-16)9-28(27-10)11-3-4-12(7-11)29-23-5-6-24-29/h5-6,8-9,11-12H,3-4,7H2,1-2H3,(H2,21,22,25,26)/t11-,12+/m0/s1. The smallest absolute Gasteiger partial charge is 0.372 e. The Kier molecular flexibility index (Phi) is 4.84. The number of aromatic nitrogens is 7. The molecule has 0 bridgehead atoms. The molecule has 154 valence electrons. The molecule has 1 aliphatic carbocycles. The van der Waals surface area contributed by atoms with Crippen LogP contribution in [0, 0.1) is 6.92 Å². The number of hydrogen-bond donors (Lipinski definition) is 2. The van der Waals surface area contributed by atoms with Crippen molar-refractivity contribution in [1.82, 2.24) is 34.7 Å². The molecule has 0 amide bonds. The largest absolute Gasteiger partial charge is 0.421 e. The van der Waals surface area contributed by atoms with Gasteiger partial charge in [0, 0.05) is 19.4 Å². The second kappa shape index (κ2) is 7.33. The van der Waals surface area contributed by atoms with E-state index in [0.717, 1.165) is 25.5 Å². The minimum absolute atomic E-state index is 0.0649. The van der Waals surface area contributed by atoms with E-state index in [4.69, 9.17) is 0 Å². The predicted molar refractivity (Wildman–Crippen MR) is 98.8 cm³/mol. The number of anilines is 3. The molecule has 0 spiro atoms. The van der Waals surface area contributed by atoms with E-state index in [2.05, 4.69) is 35.9 Å². The Hall–Kier alpha value is -3.18. The van der Waals surface area contributed by atoms with Crippen LogP contribution in [-0.4, -0.2) is 41.8 Å². The molecule has 3 heterocycles. The number of nitrogens with one attached hydrogen (secondary N) is 2. The highest BCUT2D eigenvalue weighted by Gasteiger charge is 2.35. The van der Waals surface area contributed by atoms with Gasteiger partial charge in [0.05, 0.1) is 35.9 Å². The van der Waals surface area contributed by atoms with Gasteiger partial charge in [0.25, 0.3) is 0 Å². The van der Waals surface area contributed by atoms with Crippen molar-refractivity contribution in [2.24, 2.45) is 0 Å². The van der Waals surface area contributed by atoms with Gasteiger partial charge in [-0.15, -0.1) is 0 Å². The number of nitrogens with zero attached hydrogens (tertiary/aromatic N) is 7. The lowest BCUT2D eigenvalue weighted by Crippen LogP contribution is -2.12. The van der Waals surface area contributed by atoms with Crippen molar-refractivity contribution in [1.29, 1.82) is 0 Å². The molecule has 3 aromatic heterocycles. The van der Waals surface area contributed by atoms with Crippen LogP contribution in [0.25, 0.3) is 0 Å². The van der Waals surface area contributed by atoms with Gasteiger partial charge in [-0.1, -0.05) is 0 Å². The van der Waals surface area contributed by atoms with E-state index in [1.165, 1.54) is 7.05 Å². The summed E-state index contributed by atoms with van der Waals surface area (Å²) in [6, 6.07) is 0.425. The zero-order valence-electron chi connectivity index (χ0n) is 15.8. The Morgan fingerprint density at radius 3 is 2.55 bits per heavy atom. The van der Waals surface area contributed by atoms with Crippen molar-refractivity contribution in [2.75, 3.05) is 17.7 Å². The van der Waals surface area contributed by atoms with Gasteiger partial charge in [0.15, 0.2) is 0 Å². The average molecular weight is 407 g/mol. The summed E-state index contributed by atoms with van der Waals surface area (Å²) in [5, 5.41) is 18.4. The molecule has 0 radical (unpaired) electrons. The molecule has 4 rings (SSSR count). The van der Waals surface area contributed by atoms with Gasteiger partial charge < -0.3 is 10.6 Å². The molecule has 1 fully saturated rings. The van der Waals surface area contributed by atoms with E-state index in [0.29, 0.717) is 11.4 Å². The third-order valence-corrected chi connectivity index (χ3v) is 5.01. The van der Waals surface area contributed by atoms with Crippen LogP contribution in [0.5, 0.6) is 0 Å². The number of rotatable bonds is 5. The first-order valence-electron chi connectivity index (χ1n) is 9.15. The van der Waals surface area contributed by atoms with E-state index >= 15 is 0 Å². The Bertz CT molecular complexity index is 981. The van der Waals surface area contributed by atoms with Crippen LogP contribution >= 0.6 is 0 Å². The minimum atomic E-state index is -4.53. The Balaban J connectivity index is 1.50. The molecule has 3 aromatic rings. The van der Waals surface area contributed by atoms with E-state index in [-0.39, 0.29) is 23.8 Å². The molecular formula is C17H20F3N9. The summed E-state index contributed by atoms with van der Waals surface area (Å²) in [7, 11) is 1.38. The second-order valence-corrected chi connectivity index (χ2v) is 6.91. The third-order valence-electron chi connectivity index (χ3n) is 5.01. The first-order valence-corrected chi connectivity index (χ1v) is 9.15. The lowest BCUT2D eigenvalue weighted by atomic mass is 10.2. The molecule has 2 atom stereocenters. The van der Waals surface area contributed by atoms with Crippen molar-refractivity contribution >= 4 is 17.5 Å². The van der Waals surface area contributed by atoms with Gasteiger partial charge >= 0.3 is 6.18 Å². The highest BCUT2D eigenvalue weighted by molar-refractivity contribution is 5.57. The second-order valence-electron chi connectivity index (χ2n) is 6.91. The fourth-order valence-electron chi connectivity index (χ4n) is 3.55. The Morgan fingerprint density at radius 1 is 1.14 bits per heavy atom. The minimum Gasteiger partial charge on any atom is -0.372 e. The van der Waals surface area contributed by atoms with Crippen molar-refractivity contribution in [3.05, 3.63) is 36.0 Å². The van der Waals surface area contributed by atoms with Crippen LogP contribution in [0.1, 0.15) is 42.6 Å². The predicted octanol–water partition coefficient (Wildman–Crippen LogP) is 3.34. The van der Waals surface area contributed by atoms with E-state index < -0.39 is 11.7 Å². The van der Waals surface area contributed by atoms with Gasteiger partial charge in [0.1, 0.15) is 11.4 Å². The van der Waals surface area contributed by atoms with E-state index in [9.17, 15) is 13.2 Å². The summed E-state index contributed by atoms with van der Waals surface area (Å²) >= 11 is 0. The SMILES string of the molecule is CNc1nc(Nc2cn([C@H]3CC[C@@H](n4nccn4)C3)nc2C)ncc1C(F)(F)F. The maximum Gasteiger partial charge on any atom is 0.421 e. The van der Waals surface area contributed by atoms with Gasteiger partial charge in [-0.3, -0.25) is 4.68 Å². The topological polar surface area (TPSA) is 98.4 Å². The first-order chi connectivity index (χ1) is 13.8. The highest BCUT2D eigenvalue weighted by atomic mass is 19.4. The summed E-state index contributed by atoms with van der Waals surface area (Å²) in [6.07, 6.45) is 4.14. The van der Waals surface area contributed by atoms with Crippen LogP contribution in [0.4, 0.5) is 30.6 Å². The first kappa shape index (κ1) is 19.2. The Morgan fingerprint density at radius 2 is 1.86 bits per heavy atom. The zero-order valence-corrected chi connectivity index (χ0v) is 15.8. The van der Waals surface area contributed by atoms with Gasteiger partial charge in [-0.25, -0.2) is 4.98 Å². The van der Waals surface area contributed by atoms with Crippen LogP contribution in [0.3, 0.4) is 0 Å². The zero-order chi connectivity index (χ0) is 20.6. The normalized spacial score (nSPS) is 19.5. The Labute approximate surface area is 164 Å². The van der Waals surface area contributed by atoms with Gasteiger partial charge in [-0.05, 0) is 26.2 Å². The number of halogens is 3. The lowest BCUT2D eigenvalue weighted by Gasteiger charge is -2.12. The van der Waals surface area contributed by atoms with Gasteiger partial charge in [0.2, 0.25) is 5.95 Å². The monoisotopic (exact) mass is 407 g/mol. The molecule has 0 unspecified atom stereocenters. The molecule has 0 aromatic carbocycles. The van der Waals surface area contributed by atoms with Crippen LogP contribution in [0.2, 0.25) is 0 Å². The highest BCUT2D eigenvalue weighted by Crippen LogP contribution is 2.38. The van der Waals surface area contributed by atoms with Gasteiger partial charge in [-0.2, -0.15) is 38.2 Å². The van der Waals surface area contributed by atoms with E-state index in [1.807, 2.05) is 17.8 Å². The maximum absolute atomic E-state index is 13.0. The fourth-order valence-corrected chi connectivity index (χ4v) is 3.55. The summed E-state index contributed by atoms with van der Waals surface area (Å²) in [5.74, 6) is -0.222. The third kappa shape index (κ3) is 3.87. The number of aryl methyl sites for hydroxylation is 1. The van der Waals surface area contributed by atoms with Crippen molar-refractivity contribution < 1.29 is 13.2 Å². The van der Waals surface area contributed by atoms with Crippen molar-refractivity contribution in [2.45, 2.75) is 44.4 Å². The molecule has 2 N–H and O–H groups in total. The summed E-state index contributed by atoms with van der Waals surface area (Å²) in [5.41, 5.74) is 0.440. The van der Waals surface area contributed by atoms with E-state index in [1.54, 1.807) is 17.2 Å². The van der Waals surface area contributed by atoms with Crippen LogP contribution in [0.15, 0.2) is 24.8 Å². The van der Waals surface area contributed by atoms with Crippen LogP contribution < -0.4 is 10.6 Å². The van der Waals surface area contributed by atoms with Crippen molar-refractivity contribution in [3.63, 3.8) is 0 Å². The molecule has 9 nitrogen and oxygen atoms in total. The molecule has 0 saturated heterocycles. The molecule has 29 heavy (non-hydrogen) atoms. The fraction of sp³-hybridized carbons (Fsp3) is 0.471. The lowest BCUT2D eigenvalue weighted by molar-refractivity contribution is -0.137. The number of alkyl halides is 3. The molecule has 0 aliphatic heterocycles. The molecule has 1 aliphatic rings. The summed E-state index contributed by atoms with van der Waals surface area (Å²) < 4.78 is 40.9.